The van der Waals surface area contributed by atoms with Crippen LogP contribution in [-0.2, 0) is 4.79 Å². The third-order valence-electron chi connectivity index (χ3n) is 2.65. The van der Waals surface area contributed by atoms with Crippen LogP contribution in [0.3, 0.4) is 0 Å². The Morgan fingerprint density at radius 2 is 2.10 bits per heavy atom. The zero-order valence-electron chi connectivity index (χ0n) is 11.0. The van der Waals surface area contributed by atoms with Gasteiger partial charge in [0.15, 0.2) is 6.61 Å². The van der Waals surface area contributed by atoms with Gasteiger partial charge in [-0.05, 0) is 30.3 Å². The Balaban J connectivity index is 1.96. The number of nitrogens with zero attached hydrogens (tertiary/aromatic N) is 1. The summed E-state index contributed by atoms with van der Waals surface area (Å²) in [4.78, 5) is 11.7. The number of benzene rings is 2. The van der Waals surface area contributed by atoms with Crippen molar-refractivity contribution in [2.45, 2.75) is 0 Å². The molecule has 3 N–H and O–H groups in total. The lowest BCUT2D eigenvalue weighted by atomic mass is 10.2. The van der Waals surface area contributed by atoms with Crippen LogP contribution in [0.25, 0.3) is 0 Å². The zero-order chi connectivity index (χ0) is 15.2. The van der Waals surface area contributed by atoms with Gasteiger partial charge in [0.05, 0.1) is 11.3 Å². The number of ether oxygens (including phenoxy) is 1. The molecule has 6 heteroatoms. The lowest BCUT2D eigenvalue weighted by molar-refractivity contribution is -0.118. The molecular formula is C15H12FN3O2. The molecule has 0 aliphatic carbocycles. The van der Waals surface area contributed by atoms with Crippen LogP contribution in [0.5, 0.6) is 5.75 Å². The van der Waals surface area contributed by atoms with Gasteiger partial charge in [0.2, 0.25) is 0 Å². The number of nitrogens with two attached hydrogens (primary N) is 1. The fourth-order valence-corrected chi connectivity index (χ4v) is 1.65. The van der Waals surface area contributed by atoms with E-state index in [0.29, 0.717) is 17.0 Å². The molecular weight excluding hydrogens is 273 g/mol. The van der Waals surface area contributed by atoms with Crippen molar-refractivity contribution < 1.29 is 13.9 Å². The normalized spacial score (nSPS) is 9.71. The summed E-state index contributed by atoms with van der Waals surface area (Å²) in [6.45, 7) is -0.268. The smallest absolute Gasteiger partial charge is 0.262 e. The first-order chi connectivity index (χ1) is 10.1. The Morgan fingerprint density at radius 1 is 1.33 bits per heavy atom. The molecule has 0 aliphatic heterocycles. The summed E-state index contributed by atoms with van der Waals surface area (Å²) in [6, 6.07) is 12.4. The highest BCUT2D eigenvalue weighted by molar-refractivity contribution is 5.92. The molecule has 21 heavy (non-hydrogen) atoms. The summed E-state index contributed by atoms with van der Waals surface area (Å²) in [5.74, 6) is -0.658. The van der Waals surface area contributed by atoms with Gasteiger partial charge >= 0.3 is 0 Å². The molecule has 0 aromatic heterocycles. The Kier molecular flexibility index (Phi) is 4.36. The molecule has 0 fully saturated rings. The largest absolute Gasteiger partial charge is 0.482 e. The highest BCUT2D eigenvalue weighted by Gasteiger charge is 2.07. The first kappa shape index (κ1) is 14.3. The Morgan fingerprint density at radius 3 is 2.81 bits per heavy atom. The molecule has 0 atom stereocenters. The van der Waals surface area contributed by atoms with Crippen molar-refractivity contribution in [3.05, 3.63) is 53.8 Å². The first-order valence-corrected chi connectivity index (χ1v) is 6.07. The highest BCUT2D eigenvalue weighted by atomic mass is 19.1. The van der Waals surface area contributed by atoms with E-state index in [0.717, 1.165) is 6.07 Å². The minimum absolute atomic E-state index is 0.0523. The second-order valence-corrected chi connectivity index (χ2v) is 4.18. The maximum atomic E-state index is 13.0. The molecule has 0 unspecified atom stereocenters. The predicted molar refractivity (Wildman–Crippen MR) is 76.1 cm³/mol. The molecule has 0 saturated carbocycles. The maximum absolute atomic E-state index is 13.0. The molecule has 5 nitrogen and oxygen atoms in total. The molecule has 0 aliphatic rings. The highest BCUT2D eigenvalue weighted by Crippen LogP contribution is 2.18. The summed E-state index contributed by atoms with van der Waals surface area (Å²) >= 11 is 0. The average Bonchev–Trinajstić information content (AvgIpc) is 2.49. The van der Waals surface area contributed by atoms with Crippen LogP contribution in [0, 0.1) is 17.1 Å². The molecule has 0 heterocycles. The Bertz CT molecular complexity index is 710. The van der Waals surface area contributed by atoms with E-state index in [-0.39, 0.29) is 12.3 Å². The first-order valence-electron chi connectivity index (χ1n) is 6.07. The summed E-state index contributed by atoms with van der Waals surface area (Å²) in [5.41, 5.74) is 6.07. The summed E-state index contributed by atoms with van der Waals surface area (Å²) in [5, 5.41) is 11.4. The number of anilines is 2. The lowest BCUT2D eigenvalue weighted by Crippen LogP contribution is -2.20. The molecule has 2 aromatic rings. The Hall–Kier alpha value is -3.07. The molecule has 2 aromatic carbocycles. The monoisotopic (exact) mass is 285 g/mol. The fraction of sp³-hybridized carbons (Fsp3) is 0.0667. The van der Waals surface area contributed by atoms with Crippen molar-refractivity contribution in [1.29, 1.82) is 5.26 Å². The predicted octanol–water partition coefficient (Wildman–Crippen LogP) is 2.30. The van der Waals surface area contributed by atoms with Gasteiger partial charge in [-0.25, -0.2) is 4.39 Å². The minimum atomic E-state index is -0.549. The number of halogens is 1. The van der Waals surface area contributed by atoms with E-state index in [1.54, 1.807) is 24.3 Å². The van der Waals surface area contributed by atoms with Crippen LogP contribution in [0.4, 0.5) is 15.8 Å². The number of para-hydroxylation sites is 1. The van der Waals surface area contributed by atoms with Gasteiger partial charge < -0.3 is 15.8 Å². The summed E-state index contributed by atoms with van der Waals surface area (Å²) in [6.07, 6.45) is 0. The third kappa shape index (κ3) is 3.70. The van der Waals surface area contributed by atoms with Gasteiger partial charge in [0, 0.05) is 5.69 Å². The summed E-state index contributed by atoms with van der Waals surface area (Å²) in [7, 11) is 0. The van der Waals surface area contributed by atoms with E-state index >= 15 is 0 Å². The topological polar surface area (TPSA) is 88.1 Å². The van der Waals surface area contributed by atoms with E-state index < -0.39 is 11.7 Å². The van der Waals surface area contributed by atoms with Crippen molar-refractivity contribution >= 4 is 17.3 Å². The van der Waals surface area contributed by atoms with Crippen molar-refractivity contribution in [2.75, 3.05) is 17.7 Å². The number of nitrogens with one attached hydrogen (secondary N) is 1. The van der Waals surface area contributed by atoms with Crippen molar-refractivity contribution in [3.8, 4) is 11.8 Å². The van der Waals surface area contributed by atoms with E-state index in [4.69, 9.17) is 15.7 Å². The van der Waals surface area contributed by atoms with E-state index in [1.165, 1.54) is 12.1 Å². The van der Waals surface area contributed by atoms with Gasteiger partial charge in [-0.2, -0.15) is 5.26 Å². The number of nitriles is 1. The van der Waals surface area contributed by atoms with Gasteiger partial charge in [-0.1, -0.05) is 12.1 Å². The second kappa shape index (κ2) is 6.39. The number of rotatable bonds is 4. The molecule has 0 saturated heterocycles. The fourth-order valence-electron chi connectivity index (χ4n) is 1.65. The van der Waals surface area contributed by atoms with Crippen molar-refractivity contribution in [1.82, 2.24) is 0 Å². The van der Waals surface area contributed by atoms with Gasteiger partial charge in [-0.3, -0.25) is 4.79 Å². The van der Waals surface area contributed by atoms with Crippen LogP contribution in [0.1, 0.15) is 5.56 Å². The van der Waals surface area contributed by atoms with E-state index in [2.05, 4.69) is 5.32 Å². The number of nitrogen functional groups attached to an aromatic ring is 1. The summed E-state index contributed by atoms with van der Waals surface area (Å²) < 4.78 is 18.3. The molecule has 2 rings (SSSR count). The third-order valence-corrected chi connectivity index (χ3v) is 2.65. The van der Waals surface area contributed by atoms with Crippen LogP contribution in [-0.4, -0.2) is 12.5 Å². The minimum Gasteiger partial charge on any atom is -0.482 e. The maximum Gasteiger partial charge on any atom is 0.262 e. The van der Waals surface area contributed by atoms with E-state index in [9.17, 15) is 9.18 Å². The molecule has 0 spiro atoms. The Labute approximate surface area is 120 Å². The number of hydrogen-bond acceptors (Lipinski definition) is 4. The van der Waals surface area contributed by atoms with Gasteiger partial charge in [0.25, 0.3) is 5.91 Å². The number of hydrogen-bond donors (Lipinski definition) is 2. The van der Waals surface area contributed by atoms with Crippen LogP contribution < -0.4 is 15.8 Å². The SMILES string of the molecule is N#Cc1ccccc1OCC(=O)Nc1ccc(F)c(N)c1. The molecule has 0 radical (unpaired) electrons. The van der Waals surface area contributed by atoms with Gasteiger partial charge in [-0.15, -0.1) is 0 Å². The molecule has 106 valence electrons. The number of carbonyl (C=O) groups is 1. The van der Waals surface area contributed by atoms with Gasteiger partial charge in [0.1, 0.15) is 17.6 Å². The quantitative estimate of drug-likeness (QED) is 0.844. The van der Waals surface area contributed by atoms with E-state index in [1.807, 2.05) is 6.07 Å². The van der Waals surface area contributed by atoms with Crippen molar-refractivity contribution in [3.63, 3.8) is 0 Å². The molecule has 0 bridgehead atoms. The van der Waals surface area contributed by atoms with Crippen LogP contribution in [0.15, 0.2) is 42.5 Å². The second-order valence-electron chi connectivity index (χ2n) is 4.18. The van der Waals surface area contributed by atoms with Crippen molar-refractivity contribution in [2.24, 2.45) is 0 Å². The number of carbonyl (C=O) groups excluding carboxylic acids is 1. The molecule has 1 amide bonds. The number of amides is 1. The standard InChI is InChI=1S/C15H12FN3O2/c16-12-6-5-11(7-13(12)18)19-15(20)9-21-14-4-2-1-3-10(14)8-17/h1-7H,9,18H2,(H,19,20). The van der Waals surface area contributed by atoms with Crippen LogP contribution >= 0.6 is 0 Å². The van der Waals surface area contributed by atoms with Crippen LogP contribution in [0.2, 0.25) is 0 Å². The average molecular weight is 285 g/mol. The lowest BCUT2D eigenvalue weighted by Gasteiger charge is -2.09. The zero-order valence-corrected chi connectivity index (χ0v) is 11.0.